The summed E-state index contributed by atoms with van der Waals surface area (Å²) in [6, 6.07) is 17.5. The second-order valence-corrected chi connectivity index (χ2v) is 10.1. The Morgan fingerprint density at radius 3 is 2.26 bits per heavy atom. The van der Waals surface area contributed by atoms with Gasteiger partial charge in [0, 0.05) is 6.54 Å². The van der Waals surface area contributed by atoms with Crippen LogP contribution < -0.4 is 4.74 Å². The standard InChI is InChI=1S/C29H37NO5/c1-5-6-7-11-18-27(2)25(31)30(19-22-14-16-24(33-4)17-15-22)29(26(32)35-28(27,29)3)21-34-20-23-12-9-8-10-13-23/h8-10,12-17H,5-7,11,18-21H2,1-4H3/t27-,28?,29?/m0/s1. The fourth-order valence-electron chi connectivity index (χ4n) is 5.65. The zero-order valence-electron chi connectivity index (χ0n) is 21.3. The Labute approximate surface area is 208 Å². The number of likely N-dealkylation sites (tertiary alicyclic amines) is 1. The van der Waals surface area contributed by atoms with Crippen molar-refractivity contribution in [3.63, 3.8) is 0 Å². The molecule has 2 aromatic rings. The largest absolute Gasteiger partial charge is 0.497 e. The number of benzene rings is 2. The van der Waals surface area contributed by atoms with Crippen LogP contribution in [0.1, 0.15) is 64.0 Å². The summed E-state index contributed by atoms with van der Waals surface area (Å²) in [7, 11) is 1.62. The number of fused-ring (bicyclic) bond motifs is 1. The smallest absolute Gasteiger partial charge is 0.339 e. The van der Waals surface area contributed by atoms with Crippen molar-refractivity contribution in [3.05, 3.63) is 65.7 Å². The van der Waals surface area contributed by atoms with E-state index in [9.17, 15) is 9.59 Å². The summed E-state index contributed by atoms with van der Waals surface area (Å²) in [5.41, 5.74) is -0.968. The summed E-state index contributed by atoms with van der Waals surface area (Å²) in [6.07, 6.45) is 4.90. The first-order valence-corrected chi connectivity index (χ1v) is 12.6. The molecule has 6 nitrogen and oxygen atoms in total. The van der Waals surface area contributed by atoms with Crippen LogP contribution in [0, 0.1) is 5.41 Å². The van der Waals surface area contributed by atoms with E-state index >= 15 is 0 Å². The minimum atomic E-state index is -1.15. The zero-order valence-corrected chi connectivity index (χ0v) is 21.3. The second kappa shape index (κ2) is 10.0. The molecule has 2 aliphatic rings. The van der Waals surface area contributed by atoms with E-state index in [4.69, 9.17) is 14.2 Å². The van der Waals surface area contributed by atoms with Crippen LogP contribution in [0.4, 0.5) is 0 Å². The summed E-state index contributed by atoms with van der Waals surface area (Å²) in [5, 5.41) is 0. The highest BCUT2D eigenvalue weighted by Gasteiger charge is 2.83. The maximum absolute atomic E-state index is 14.1. The van der Waals surface area contributed by atoms with Crippen LogP contribution >= 0.6 is 0 Å². The van der Waals surface area contributed by atoms with Crippen molar-refractivity contribution in [2.45, 2.75) is 77.2 Å². The highest BCUT2D eigenvalue weighted by atomic mass is 16.6. The Morgan fingerprint density at radius 1 is 0.914 bits per heavy atom. The number of esters is 1. The number of ether oxygens (including phenoxy) is 3. The molecule has 0 saturated carbocycles. The summed E-state index contributed by atoms with van der Waals surface area (Å²) in [4.78, 5) is 29.1. The summed E-state index contributed by atoms with van der Waals surface area (Å²) < 4.78 is 17.3. The maximum atomic E-state index is 14.1. The van der Waals surface area contributed by atoms with Crippen LogP contribution in [0.15, 0.2) is 54.6 Å². The van der Waals surface area contributed by atoms with Gasteiger partial charge in [0.2, 0.25) is 11.4 Å². The molecule has 2 fully saturated rings. The van der Waals surface area contributed by atoms with E-state index in [0.29, 0.717) is 19.6 Å². The van der Waals surface area contributed by atoms with Gasteiger partial charge in [-0.15, -0.1) is 0 Å². The van der Waals surface area contributed by atoms with Crippen LogP contribution in [0.2, 0.25) is 0 Å². The SMILES string of the molecule is CCCCCC[C@@]1(C)C(=O)N(Cc2ccc(OC)cc2)C2(COCc3ccccc3)C(=O)OC21C. The zero-order chi connectivity index (χ0) is 25.1. The molecule has 2 aliphatic heterocycles. The molecule has 4 rings (SSSR count). The molecule has 2 aromatic carbocycles. The van der Waals surface area contributed by atoms with E-state index in [1.807, 2.05) is 68.4 Å². The van der Waals surface area contributed by atoms with Crippen LogP contribution in [-0.2, 0) is 32.2 Å². The first-order valence-electron chi connectivity index (χ1n) is 12.6. The molecular weight excluding hydrogens is 442 g/mol. The average molecular weight is 480 g/mol. The molecule has 0 aromatic heterocycles. The van der Waals surface area contributed by atoms with Crippen LogP contribution in [0.3, 0.4) is 0 Å². The molecule has 0 spiro atoms. The Balaban J connectivity index is 1.64. The quantitative estimate of drug-likeness (QED) is 0.306. The van der Waals surface area contributed by atoms with Gasteiger partial charge >= 0.3 is 5.97 Å². The van der Waals surface area contributed by atoms with Crippen molar-refractivity contribution in [2.75, 3.05) is 13.7 Å². The molecule has 35 heavy (non-hydrogen) atoms. The van der Waals surface area contributed by atoms with Gasteiger partial charge in [-0.1, -0.05) is 75.1 Å². The number of amides is 1. The number of hydrogen-bond acceptors (Lipinski definition) is 5. The monoisotopic (exact) mass is 479 g/mol. The highest BCUT2D eigenvalue weighted by Crippen LogP contribution is 2.62. The molecule has 2 saturated heterocycles. The second-order valence-electron chi connectivity index (χ2n) is 10.1. The van der Waals surface area contributed by atoms with Crippen molar-refractivity contribution >= 4 is 11.9 Å². The lowest BCUT2D eigenvalue weighted by molar-refractivity contribution is -0.253. The Hall–Kier alpha value is -2.86. The molecule has 0 aliphatic carbocycles. The topological polar surface area (TPSA) is 65.1 Å². The van der Waals surface area contributed by atoms with Gasteiger partial charge in [0.15, 0.2) is 5.60 Å². The number of carbonyl (C=O) groups is 2. The minimum Gasteiger partial charge on any atom is -0.497 e. The molecular formula is C29H37NO5. The first-order chi connectivity index (χ1) is 16.8. The van der Waals surface area contributed by atoms with Crippen molar-refractivity contribution < 1.29 is 23.8 Å². The molecule has 0 N–H and O–H groups in total. The van der Waals surface area contributed by atoms with Crippen molar-refractivity contribution in [1.82, 2.24) is 4.90 Å². The lowest BCUT2D eigenvalue weighted by Crippen LogP contribution is -2.77. The van der Waals surface area contributed by atoms with Gasteiger partial charge in [-0.25, -0.2) is 4.79 Å². The number of hydrogen-bond donors (Lipinski definition) is 0. The number of unbranched alkanes of at least 4 members (excludes halogenated alkanes) is 3. The van der Waals surface area contributed by atoms with Crippen LogP contribution in [0.5, 0.6) is 5.75 Å². The predicted octanol–water partition coefficient (Wildman–Crippen LogP) is 5.29. The van der Waals surface area contributed by atoms with Crippen molar-refractivity contribution in [2.24, 2.45) is 5.41 Å². The molecule has 2 unspecified atom stereocenters. The summed E-state index contributed by atoms with van der Waals surface area (Å²) in [6.45, 7) is 6.84. The van der Waals surface area contributed by atoms with Crippen LogP contribution in [0.25, 0.3) is 0 Å². The first kappa shape index (κ1) is 25.2. The number of rotatable bonds is 12. The Morgan fingerprint density at radius 2 is 1.63 bits per heavy atom. The van der Waals surface area contributed by atoms with E-state index in [2.05, 4.69) is 6.92 Å². The number of carbonyl (C=O) groups excluding carboxylic acids is 2. The van der Waals surface area contributed by atoms with Gasteiger partial charge in [-0.3, -0.25) is 4.79 Å². The van der Waals surface area contributed by atoms with Gasteiger partial charge in [-0.2, -0.15) is 0 Å². The molecule has 2 heterocycles. The molecule has 0 bridgehead atoms. The van der Waals surface area contributed by atoms with E-state index in [1.54, 1.807) is 12.0 Å². The maximum Gasteiger partial charge on any atom is 0.339 e. The van der Waals surface area contributed by atoms with Gasteiger partial charge in [0.25, 0.3) is 0 Å². The van der Waals surface area contributed by atoms with Gasteiger partial charge in [0.05, 0.1) is 25.7 Å². The normalized spacial score (nSPS) is 27.4. The van der Waals surface area contributed by atoms with E-state index in [0.717, 1.165) is 42.6 Å². The Kier molecular flexibility index (Phi) is 7.22. The average Bonchev–Trinajstić information content (AvgIpc) is 2.97. The third kappa shape index (κ3) is 4.12. The number of nitrogens with zero attached hydrogens (tertiary/aromatic N) is 1. The van der Waals surface area contributed by atoms with Crippen molar-refractivity contribution in [1.29, 1.82) is 0 Å². The van der Waals surface area contributed by atoms with E-state index in [1.165, 1.54) is 0 Å². The molecule has 188 valence electrons. The molecule has 1 amide bonds. The number of methoxy groups -OCH3 is 1. The molecule has 6 heteroatoms. The van der Waals surface area contributed by atoms with Gasteiger partial charge in [-0.05, 0) is 43.5 Å². The summed E-state index contributed by atoms with van der Waals surface area (Å²) >= 11 is 0. The third-order valence-electron chi connectivity index (χ3n) is 8.11. The third-order valence-corrected chi connectivity index (χ3v) is 8.11. The van der Waals surface area contributed by atoms with Crippen molar-refractivity contribution in [3.8, 4) is 5.75 Å². The fraction of sp³-hybridized carbons (Fsp3) is 0.517. The lowest BCUT2D eigenvalue weighted by Gasteiger charge is -2.56. The van der Waals surface area contributed by atoms with Gasteiger partial charge < -0.3 is 19.1 Å². The lowest BCUT2D eigenvalue weighted by atomic mass is 9.62. The molecule has 3 atom stereocenters. The van der Waals surface area contributed by atoms with E-state index in [-0.39, 0.29) is 18.5 Å². The predicted molar refractivity (Wildman–Crippen MR) is 134 cm³/mol. The van der Waals surface area contributed by atoms with Gasteiger partial charge in [0.1, 0.15) is 5.75 Å². The minimum absolute atomic E-state index is 0.0403. The summed E-state index contributed by atoms with van der Waals surface area (Å²) in [5.74, 6) is 0.324. The molecule has 0 radical (unpaired) electrons. The highest BCUT2D eigenvalue weighted by molar-refractivity contribution is 6.03. The van der Waals surface area contributed by atoms with Crippen LogP contribution in [-0.4, -0.2) is 41.6 Å². The Bertz CT molecular complexity index is 1040. The fourth-order valence-corrected chi connectivity index (χ4v) is 5.65. The van der Waals surface area contributed by atoms with E-state index < -0.39 is 16.6 Å².